The van der Waals surface area contributed by atoms with Crippen LogP contribution in [-0.2, 0) is 0 Å². The highest BCUT2D eigenvalue weighted by molar-refractivity contribution is 5.92. The average Bonchev–Trinajstić information content (AvgIpc) is 2.97. The smallest absolute Gasteiger partial charge is 0.248 e. The Labute approximate surface area is 121 Å². The van der Waals surface area contributed by atoms with E-state index in [-0.39, 0.29) is 0 Å². The fourth-order valence-corrected chi connectivity index (χ4v) is 2.19. The maximum absolute atomic E-state index is 11.1. The van der Waals surface area contributed by atoms with E-state index in [0.717, 1.165) is 17.1 Å². The van der Waals surface area contributed by atoms with Crippen LogP contribution < -0.4 is 11.5 Å². The molecule has 1 amide bonds. The first-order valence-electron chi connectivity index (χ1n) is 6.44. The summed E-state index contributed by atoms with van der Waals surface area (Å²) in [6.07, 6.45) is 3.58. The molecule has 0 aliphatic carbocycles. The monoisotopic (exact) mass is 278 g/mol. The third kappa shape index (κ3) is 2.49. The second kappa shape index (κ2) is 5.13. The van der Waals surface area contributed by atoms with Gasteiger partial charge in [0.2, 0.25) is 5.91 Å². The van der Waals surface area contributed by atoms with E-state index in [9.17, 15) is 4.79 Å². The summed E-state index contributed by atoms with van der Waals surface area (Å²) in [4.78, 5) is 15.5. The van der Waals surface area contributed by atoms with E-state index in [2.05, 4.69) is 4.98 Å². The highest BCUT2D eigenvalue weighted by atomic mass is 16.1. The van der Waals surface area contributed by atoms with Crippen LogP contribution in [0.25, 0.3) is 17.1 Å². The van der Waals surface area contributed by atoms with Crippen LogP contribution in [0.15, 0.2) is 60.9 Å². The third-order valence-corrected chi connectivity index (χ3v) is 3.22. The fraction of sp³-hybridized carbons (Fsp3) is 0. The minimum Gasteiger partial charge on any atom is -0.399 e. The van der Waals surface area contributed by atoms with E-state index >= 15 is 0 Å². The lowest BCUT2D eigenvalue weighted by atomic mass is 10.1. The minimum atomic E-state index is -0.441. The number of carbonyl (C=O) groups is 1. The number of hydrogen-bond acceptors (Lipinski definition) is 3. The molecule has 0 saturated heterocycles. The number of aromatic nitrogens is 2. The van der Waals surface area contributed by atoms with Gasteiger partial charge in [-0.3, -0.25) is 9.36 Å². The molecule has 3 rings (SSSR count). The fourth-order valence-electron chi connectivity index (χ4n) is 2.19. The molecule has 1 aromatic heterocycles. The summed E-state index contributed by atoms with van der Waals surface area (Å²) in [5.74, 6) is 0.345. The molecule has 4 N–H and O–H groups in total. The van der Waals surface area contributed by atoms with Crippen molar-refractivity contribution >= 4 is 11.6 Å². The van der Waals surface area contributed by atoms with E-state index in [4.69, 9.17) is 11.5 Å². The van der Waals surface area contributed by atoms with Gasteiger partial charge < -0.3 is 11.5 Å². The zero-order valence-electron chi connectivity index (χ0n) is 11.2. The predicted octanol–water partition coefficient (Wildman–Crippen LogP) is 2.22. The van der Waals surface area contributed by atoms with Crippen LogP contribution in [0.5, 0.6) is 0 Å². The van der Waals surface area contributed by atoms with Gasteiger partial charge in [0.15, 0.2) is 0 Å². The molecule has 0 radical (unpaired) electrons. The number of nitrogens with two attached hydrogens (primary N) is 2. The van der Waals surface area contributed by atoms with Crippen molar-refractivity contribution in [1.29, 1.82) is 0 Å². The van der Waals surface area contributed by atoms with Gasteiger partial charge in [0.05, 0.1) is 0 Å². The van der Waals surface area contributed by atoms with Crippen LogP contribution in [0.4, 0.5) is 5.69 Å². The number of anilines is 1. The number of hydrogen-bond donors (Lipinski definition) is 2. The topological polar surface area (TPSA) is 86.9 Å². The van der Waals surface area contributed by atoms with Crippen molar-refractivity contribution in [2.24, 2.45) is 5.73 Å². The quantitative estimate of drug-likeness (QED) is 0.720. The van der Waals surface area contributed by atoms with Gasteiger partial charge in [-0.05, 0) is 36.4 Å². The Balaban J connectivity index is 2.04. The maximum atomic E-state index is 11.1. The highest BCUT2D eigenvalue weighted by Crippen LogP contribution is 2.23. The molecule has 1 heterocycles. The first-order valence-corrected chi connectivity index (χ1v) is 6.44. The number of nitrogens with zero attached hydrogens (tertiary/aromatic N) is 2. The minimum absolute atomic E-state index is 0.441. The average molecular weight is 278 g/mol. The maximum Gasteiger partial charge on any atom is 0.248 e. The Morgan fingerprint density at radius 1 is 1.10 bits per heavy atom. The van der Waals surface area contributed by atoms with E-state index in [0.29, 0.717) is 11.3 Å². The van der Waals surface area contributed by atoms with Gasteiger partial charge in [0.1, 0.15) is 5.82 Å². The van der Waals surface area contributed by atoms with Crippen molar-refractivity contribution in [3.05, 3.63) is 66.5 Å². The molecule has 3 aromatic rings. The molecule has 5 heteroatoms. The molecule has 5 nitrogen and oxygen atoms in total. The number of rotatable bonds is 3. The Morgan fingerprint density at radius 2 is 1.86 bits per heavy atom. The SMILES string of the molecule is NC(=O)c1ccc(-n2ccnc2-c2cccc(N)c2)cc1. The van der Waals surface area contributed by atoms with Crippen LogP contribution in [0.2, 0.25) is 0 Å². The Kier molecular flexibility index (Phi) is 3.16. The molecule has 0 saturated carbocycles. The van der Waals surface area contributed by atoms with Gasteiger partial charge in [-0.1, -0.05) is 12.1 Å². The molecule has 0 bridgehead atoms. The summed E-state index contributed by atoms with van der Waals surface area (Å²) in [6.45, 7) is 0. The van der Waals surface area contributed by atoms with Gasteiger partial charge in [-0.25, -0.2) is 4.98 Å². The van der Waals surface area contributed by atoms with Gasteiger partial charge in [-0.15, -0.1) is 0 Å². The van der Waals surface area contributed by atoms with Gasteiger partial charge in [-0.2, -0.15) is 0 Å². The van der Waals surface area contributed by atoms with Gasteiger partial charge in [0, 0.05) is 34.9 Å². The van der Waals surface area contributed by atoms with Crippen LogP contribution >= 0.6 is 0 Å². The lowest BCUT2D eigenvalue weighted by Gasteiger charge is -2.09. The molecule has 0 atom stereocenters. The van der Waals surface area contributed by atoms with Gasteiger partial charge in [0.25, 0.3) is 0 Å². The first kappa shape index (κ1) is 12.9. The molecule has 0 aliphatic rings. The Hall–Kier alpha value is -3.08. The van der Waals surface area contributed by atoms with Crippen LogP contribution in [-0.4, -0.2) is 15.5 Å². The van der Waals surface area contributed by atoms with Crippen LogP contribution in [0, 0.1) is 0 Å². The van der Waals surface area contributed by atoms with Crippen molar-refractivity contribution in [2.45, 2.75) is 0 Å². The molecular formula is C16H14N4O. The van der Waals surface area contributed by atoms with E-state index < -0.39 is 5.91 Å². The zero-order chi connectivity index (χ0) is 14.8. The van der Waals surface area contributed by atoms with Crippen molar-refractivity contribution in [1.82, 2.24) is 9.55 Å². The highest BCUT2D eigenvalue weighted by Gasteiger charge is 2.08. The number of benzene rings is 2. The summed E-state index contributed by atoms with van der Waals surface area (Å²) in [5, 5.41) is 0. The number of carbonyl (C=O) groups excluding carboxylic acids is 1. The van der Waals surface area contributed by atoms with Gasteiger partial charge >= 0.3 is 0 Å². The second-order valence-electron chi connectivity index (χ2n) is 4.66. The number of imidazole rings is 1. The van der Waals surface area contributed by atoms with Crippen molar-refractivity contribution in [3.63, 3.8) is 0 Å². The summed E-state index contributed by atoms with van der Waals surface area (Å²) < 4.78 is 1.93. The Bertz CT molecular complexity index is 790. The third-order valence-electron chi connectivity index (χ3n) is 3.22. The number of amides is 1. The molecule has 0 aliphatic heterocycles. The molecule has 104 valence electrons. The molecule has 0 unspecified atom stereocenters. The van der Waals surface area contributed by atoms with Crippen molar-refractivity contribution in [3.8, 4) is 17.1 Å². The standard InChI is InChI=1S/C16H14N4O/c17-13-3-1-2-12(10-13)16-19-8-9-20(16)14-6-4-11(5-7-14)15(18)21/h1-10H,17H2,(H2,18,21). The number of primary amides is 1. The summed E-state index contributed by atoms with van der Waals surface area (Å²) in [5.41, 5.74) is 14.1. The summed E-state index contributed by atoms with van der Waals surface area (Å²) in [7, 11) is 0. The first-order chi connectivity index (χ1) is 10.1. The molecule has 21 heavy (non-hydrogen) atoms. The lowest BCUT2D eigenvalue weighted by molar-refractivity contribution is 0.100. The second-order valence-corrected chi connectivity index (χ2v) is 4.66. The molecule has 2 aromatic carbocycles. The van der Waals surface area contributed by atoms with Crippen molar-refractivity contribution in [2.75, 3.05) is 5.73 Å². The molecule has 0 fully saturated rings. The van der Waals surface area contributed by atoms with Crippen molar-refractivity contribution < 1.29 is 4.79 Å². The lowest BCUT2D eigenvalue weighted by Crippen LogP contribution is -2.10. The van der Waals surface area contributed by atoms with E-state index in [1.165, 1.54) is 0 Å². The summed E-state index contributed by atoms with van der Waals surface area (Å²) >= 11 is 0. The number of nitrogen functional groups attached to an aromatic ring is 1. The van der Waals surface area contributed by atoms with E-state index in [1.807, 2.05) is 47.2 Å². The zero-order valence-corrected chi connectivity index (χ0v) is 11.2. The van der Waals surface area contributed by atoms with Crippen LogP contribution in [0.1, 0.15) is 10.4 Å². The largest absolute Gasteiger partial charge is 0.399 e. The van der Waals surface area contributed by atoms with E-state index in [1.54, 1.807) is 18.3 Å². The summed E-state index contributed by atoms with van der Waals surface area (Å²) in [6, 6.07) is 14.6. The molecular weight excluding hydrogens is 264 g/mol. The molecule has 0 spiro atoms. The normalized spacial score (nSPS) is 10.5. The Morgan fingerprint density at radius 3 is 2.52 bits per heavy atom. The van der Waals surface area contributed by atoms with Crippen LogP contribution in [0.3, 0.4) is 0 Å². The predicted molar refractivity (Wildman–Crippen MR) is 81.9 cm³/mol.